The SMILES string of the molecule is COc1nc(C(F)F)ccc1[C@H]1[C@@H](C)[C@](C)(C(F)(F)F)O[C@H]1C(=O)Nc1ccnc(C(N)=O)c1. The summed E-state index contributed by atoms with van der Waals surface area (Å²) in [7, 11) is 1.13. The lowest BCUT2D eigenvalue weighted by Crippen LogP contribution is -2.47. The second kappa shape index (κ2) is 9.12. The molecule has 0 bridgehead atoms. The Balaban J connectivity index is 2.05. The second-order valence-electron chi connectivity index (χ2n) is 7.88. The Labute approximate surface area is 190 Å². The Morgan fingerprint density at radius 3 is 2.50 bits per heavy atom. The van der Waals surface area contributed by atoms with Crippen LogP contribution in [-0.2, 0) is 9.53 Å². The van der Waals surface area contributed by atoms with E-state index in [0.717, 1.165) is 32.2 Å². The summed E-state index contributed by atoms with van der Waals surface area (Å²) in [5, 5.41) is 2.40. The molecule has 0 saturated carbocycles. The fraction of sp³-hybridized carbons (Fsp3) is 0.429. The minimum atomic E-state index is -4.86. The highest BCUT2D eigenvalue weighted by Crippen LogP contribution is 2.54. The normalized spacial score (nSPS) is 24.8. The molecule has 184 valence electrons. The van der Waals surface area contributed by atoms with E-state index in [1.165, 1.54) is 19.2 Å². The highest BCUT2D eigenvalue weighted by atomic mass is 19.4. The van der Waals surface area contributed by atoms with Gasteiger partial charge in [-0.1, -0.05) is 13.0 Å². The molecule has 1 saturated heterocycles. The quantitative estimate of drug-likeness (QED) is 0.601. The van der Waals surface area contributed by atoms with E-state index in [2.05, 4.69) is 15.3 Å². The third-order valence-corrected chi connectivity index (χ3v) is 5.89. The Morgan fingerprint density at radius 2 is 1.94 bits per heavy atom. The number of hydrogen-bond donors (Lipinski definition) is 2. The van der Waals surface area contributed by atoms with E-state index in [-0.39, 0.29) is 22.8 Å². The van der Waals surface area contributed by atoms with Crippen LogP contribution in [0.5, 0.6) is 5.88 Å². The molecule has 34 heavy (non-hydrogen) atoms. The van der Waals surface area contributed by atoms with Gasteiger partial charge in [0.25, 0.3) is 18.2 Å². The summed E-state index contributed by atoms with van der Waals surface area (Å²) in [6.45, 7) is 2.05. The number of carbonyl (C=O) groups is 2. The van der Waals surface area contributed by atoms with Crippen LogP contribution in [-0.4, -0.2) is 46.8 Å². The van der Waals surface area contributed by atoms with Crippen molar-refractivity contribution in [2.45, 2.75) is 44.1 Å². The number of nitrogens with two attached hydrogens (primary N) is 1. The number of ether oxygens (including phenoxy) is 2. The molecule has 0 spiro atoms. The molecule has 1 fully saturated rings. The van der Waals surface area contributed by atoms with E-state index in [1.807, 2.05) is 0 Å². The van der Waals surface area contributed by atoms with Crippen molar-refractivity contribution in [3.8, 4) is 5.88 Å². The summed E-state index contributed by atoms with van der Waals surface area (Å²) >= 11 is 0. The van der Waals surface area contributed by atoms with Crippen molar-refractivity contribution < 1.29 is 41.0 Å². The molecule has 2 aromatic rings. The topological polar surface area (TPSA) is 116 Å². The third kappa shape index (κ3) is 4.52. The van der Waals surface area contributed by atoms with Crippen molar-refractivity contribution in [3.05, 3.63) is 47.4 Å². The summed E-state index contributed by atoms with van der Waals surface area (Å²) in [5.41, 5.74) is 1.65. The molecule has 3 heterocycles. The number of nitrogens with one attached hydrogen (secondary N) is 1. The fourth-order valence-electron chi connectivity index (χ4n) is 3.88. The Kier molecular flexibility index (Phi) is 6.78. The van der Waals surface area contributed by atoms with E-state index in [4.69, 9.17) is 15.2 Å². The number of halogens is 5. The van der Waals surface area contributed by atoms with Crippen LogP contribution in [0.2, 0.25) is 0 Å². The third-order valence-electron chi connectivity index (χ3n) is 5.89. The van der Waals surface area contributed by atoms with Crippen LogP contribution >= 0.6 is 0 Å². The predicted octanol–water partition coefficient (Wildman–Crippen LogP) is 3.60. The maximum absolute atomic E-state index is 14.0. The number of methoxy groups -OCH3 is 1. The van der Waals surface area contributed by atoms with Gasteiger partial charge < -0.3 is 20.5 Å². The summed E-state index contributed by atoms with van der Waals surface area (Å²) < 4.78 is 78.5. The average molecular weight is 488 g/mol. The molecule has 4 atom stereocenters. The molecule has 1 aliphatic rings. The summed E-state index contributed by atoms with van der Waals surface area (Å²) in [6, 6.07) is 4.56. The number of pyridine rings is 2. The number of hydrogen-bond acceptors (Lipinski definition) is 6. The van der Waals surface area contributed by atoms with E-state index >= 15 is 0 Å². The molecular weight excluding hydrogens is 467 g/mol. The first kappa shape index (κ1) is 25.3. The highest BCUT2D eigenvalue weighted by Gasteiger charge is 2.65. The zero-order valence-electron chi connectivity index (χ0n) is 18.2. The van der Waals surface area contributed by atoms with E-state index in [9.17, 15) is 31.5 Å². The van der Waals surface area contributed by atoms with Crippen LogP contribution in [0.1, 0.15) is 47.9 Å². The molecular formula is C21H21F5N4O4. The molecule has 3 N–H and O–H groups in total. The van der Waals surface area contributed by atoms with Gasteiger partial charge >= 0.3 is 6.18 Å². The number of anilines is 1. The van der Waals surface area contributed by atoms with Gasteiger partial charge in [0, 0.05) is 29.3 Å². The van der Waals surface area contributed by atoms with E-state index < -0.39 is 53.7 Å². The van der Waals surface area contributed by atoms with Gasteiger partial charge in [-0.3, -0.25) is 14.6 Å². The van der Waals surface area contributed by atoms with Gasteiger partial charge in [-0.2, -0.15) is 13.2 Å². The minimum absolute atomic E-state index is 0.0000725. The molecule has 8 nitrogen and oxygen atoms in total. The number of alkyl halides is 5. The van der Waals surface area contributed by atoms with Gasteiger partial charge in [-0.15, -0.1) is 0 Å². The number of primary amides is 1. The summed E-state index contributed by atoms with van der Waals surface area (Å²) in [4.78, 5) is 31.8. The number of nitrogens with zero attached hydrogens (tertiary/aromatic N) is 2. The lowest BCUT2D eigenvalue weighted by molar-refractivity contribution is -0.272. The van der Waals surface area contributed by atoms with E-state index in [0.29, 0.717) is 0 Å². The van der Waals surface area contributed by atoms with Crippen LogP contribution in [0.25, 0.3) is 0 Å². The largest absolute Gasteiger partial charge is 0.481 e. The van der Waals surface area contributed by atoms with Gasteiger partial charge in [0.1, 0.15) is 17.5 Å². The van der Waals surface area contributed by atoms with E-state index in [1.54, 1.807) is 0 Å². The molecule has 0 aromatic carbocycles. The van der Waals surface area contributed by atoms with Gasteiger partial charge in [0.05, 0.1) is 7.11 Å². The van der Waals surface area contributed by atoms with Crippen molar-refractivity contribution >= 4 is 17.5 Å². The summed E-state index contributed by atoms with van der Waals surface area (Å²) in [6.07, 6.45) is -8.33. The van der Waals surface area contributed by atoms with Gasteiger partial charge in [0.15, 0.2) is 5.60 Å². The zero-order chi connectivity index (χ0) is 25.4. The standard InChI is InChI=1S/C21H21F5N4O4/c1-9-14(11-4-5-12(16(22)23)30-19(11)33-3)15(34-20(9,2)21(24,25)26)18(32)29-10-6-7-28-13(8-10)17(27)31/h4-9,14-16H,1-3H3,(H2,27,31)(H,28,29,32)/t9-,14-,15-,20-/m1/s1. The Bertz CT molecular complexity index is 1100. The Hall–Kier alpha value is -3.35. The first-order valence-corrected chi connectivity index (χ1v) is 9.94. The molecule has 3 rings (SSSR count). The number of aromatic nitrogens is 2. The number of amides is 2. The van der Waals surface area contributed by atoms with Crippen molar-refractivity contribution in [1.29, 1.82) is 0 Å². The second-order valence-corrected chi connectivity index (χ2v) is 7.88. The van der Waals surface area contributed by atoms with Crippen molar-refractivity contribution in [3.63, 3.8) is 0 Å². The predicted molar refractivity (Wildman–Crippen MR) is 108 cm³/mol. The zero-order valence-corrected chi connectivity index (χ0v) is 18.2. The lowest BCUT2D eigenvalue weighted by atomic mass is 9.77. The van der Waals surface area contributed by atoms with Gasteiger partial charge in [-0.25, -0.2) is 13.8 Å². The monoisotopic (exact) mass is 488 g/mol. The van der Waals surface area contributed by atoms with Crippen molar-refractivity contribution in [2.75, 3.05) is 12.4 Å². The minimum Gasteiger partial charge on any atom is -0.481 e. The van der Waals surface area contributed by atoms with Gasteiger partial charge in [0.2, 0.25) is 5.88 Å². The smallest absolute Gasteiger partial charge is 0.417 e. The molecule has 0 unspecified atom stereocenters. The maximum Gasteiger partial charge on any atom is 0.417 e. The van der Waals surface area contributed by atoms with Crippen LogP contribution < -0.4 is 15.8 Å². The van der Waals surface area contributed by atoms with Crippen LogP contribution in [0.3, 0.4) is 0 Å². The summed E-state index contributed by atoms with van der Waals surface area (Å²) in [5.74, 6) is -4.79. The number of rotatable bonds is 6. The fourth-order valence-corrected chi connectivity index (χ4v) is 3.88. The molecule has 13 heteroatoms. The Morgan fingerprint density at radius 1 is 1.26 bits per heavy atom. The van der Waals surface area contributed by atoms with Crippen LogP contribution in [0.15, 0.2) is 30.5 Å². The highest BCUT2D eigenvalue weighted by molar-refractivity contribution is 5.97. The first-order valence-electron chi connectivity index (χ1n) is 9.94. The molecule has 2 amide bonds. The molecule has 0 radical (unpaired) electrons. The maximum atomic E-state index is 14.0. The molecule has 0 aliphatic carbocycles. The van der Waals surface area contributed by atoms with Crippen molar-refractivity contribution in [1.82, 2.24) is 9.97 Å². The number of carbonyl (C=O) groups excluding carboxylic acids is 2. The molecule has 2 aromatic heterocycles. The first-order chi connectivity index (χ1) is 15.8. The van der Waals surface area contributed by atoms with Crippen LogP contribution in [0, 0.1) is 5.92 Å². The van der Waals surface area contributed by atoms with Gasteiger partial charge in [-0.05, 0) is 25.1 Å². The molecule has 1 aliphatic heterocycles. The van der Waals surface area contributed by atoms with Crippen LogP contribution in [0.4, 0.5) is 27.6 Å². The van der Waals surface area contributed by atoms with Crippen molar-refractivity contribution in [2.24, 2.45) is 11.7 Å². The lowest BCUT2D eigenvalue weighted by Gasteiger charge is -2.31. The average Bonchev–Trinajstić information content (AvgIpc) is 3.05.